The highest BCUT2D eigenvalue weighted by Gasteiger charge is 2.07. The lowest BCUT2D eigenvalue weighted by Crippen LogP contribution is -1.88. The highest BCUT2D eigenvalue weighted by Crippen LogP contribution is 2.29. The van der Waals surface area contributed by atoms with Crippen molar-refractivity contribution in [3.63, 3.8) is 0 Å². The second kappa shape index (κ2) is 4.42. The van der Waals surface area contributed by atoms with Gasteiger partial charge in [0, 0.05) is 28.7 Å². The molecule has 2 heterocycles. The molecule has 0 aliphatic rings. The molecule has 0 amide bonds. The van der Waals surface area contributed by atoms with Gasteiger partial charge in [0.15, 0.2) is 0 Å². The van der Waals surface area contributed by atoms with Crippen molar-refractivity contribution in [1.82, 2.24) is 9.97 Å². The van der Waals surface area contributed by atoms with Gasteiger partial charge in [0.2, 0.25) is 0 Å². The molecule has 2 aromatic carbocycles. The highest BCUT2D eigenvalue weighted by atomic mass is 14.7. The van der Waals surface area contributed by atoms with E-state index in [0.717, 1.165) is 22.2 Å². The Kier molecular flexibility index (Phi) is 2.46. The van der Waals surface area contributed by atoms with Crippen LogP contribution >= 0.6 is 0 Å². The summed E-state index contributed by atoms with van der Waals surface area (Å²) in [5.74, 6) is 0. The Morgan fingerprint density at radius 1 is 0.600 bits per heavy atom. The molecule has 2 nitrogen and oxygen atoms in total. The molecule has 4 rings (SSSR count). The molecule has 0 N–H and O–H groups in total. The molecular formula is C18H12N2. The topological polar surface area (TPSA) is 25.8 Å². The number of aromatic nitrogens is 2. The summed E-state index contributed by atoms with van der Waals surface area (Å²) in [6.07, 6.45) is 3.80. The molecule has 0 fully saturated rings. The van der Waals surface area contributed by atoms with Gasteiger partial charge in [-0.05, 0) is 17.5 Å². The van der Waals surface area contributed by atoms with Crippen LogP contribution in [0.2, 0.25) is 0 Å². The van der Waals surface area contributed by atoms with Gasteiger partial charge in [-0.15, -0.1) is 0 Å². The fraction of sp³-hybridized carbons (Fsp3) is 0. The summed E-state index contributed by atoms with van der Waals surface area (Å²) in [7, 11) is 0. The normalized spacial score (nSPS) is 11.0. The fourth-order valence-electron chi connectivity index (χ4n) is 2.61. The van der Waals surface area contributed by atoms with Crippen LogP contribution in [0.3, 0.4) is 0 Å². The molecule has 0 unspecified atom stereocenters. The zero-order valence-corrected chi connectivity index (χ0v) is 10.8. The van der Waals surface area contributed by atoms with E-state index in [1.165, 1.54) is 10.8 Å². The summed E-state index contributed by atoms with van der Waals surface area (Å²) in [6.45, 7) is 0. The molecule has 2 aromatic heterocycles. The maximum absolute atomic E-state index is 4.56. The number of pyridine rings is 2. The number of hydrogen-bond donors (Lipinski definition) is 0. The Morgan fingerprint density at radius 3 is 2.30 bits per heavy atom. The van der Waals surface area contributed by atoms with Crippen LogP contribution in [0.4, 0.5) is 0 Å². The van der Waals surface area contributed by atoms with Crippen molar-refractivity contribution in [3.05, 3.63) is 73.1 Å². The summed E-state index contributed by atoms with van der Waals surface area (Å²) in [6, 6.07) is 20.5. The van der Waals surface area contributed by atoms with Crippen molar-refractivity contribution in [3.8, 4) is 11.3 Å². The summed E-state index contributed by atoms with van der Waals surface area (Å²) >= 11 is 0. The number of hydrogen-bond acceptors (Lipinski definition) is 2. The van der Waals surface area contributed by atoms with E-state index in [-0.39, 0.29) is 0 Å². The van der Waals surface area contributed by atoms with Gasteiger partial charge in [-0.1, -0.05) is 48.5 Å². The zero-order valence-electron chi connectivity index (χ0n) is 10.8. The Bertz CT molecular complexity index is 899. The van der Waals surface area contributed by atoms with Crippen molar-refractivity contribution in [2.45, 2.75) is 0 Å². The number of para-hydroxylation sites is 1. The summed E-state index contributed by atoms with van der Waals surface area (Å²) < 4.78 is 0. The van der Waals surface area contributed by atoms with Gasteiger partial charge in [-0.2, -0.15) is 0 Å². The summed E-state index contributed by atoms with van der Waals surface area (Å²) in [5.41, 5.74) is 3.13. The first-order chi connectivity index (χ1) is 9.93. The molecule has 0 bridgehead atoms. The second-order valence-electron chi connectivity index (χ2n) is 4.76. The highest BCUT2D eigenvalue weighted by molar-refractivity contribution is 6.09. The van der Waals surface area contributed by atoms with Gasteiger partial charge in [-0.3, -0.25) is 9.97 Å². The van der Waals surface area contributed by atoms with Crippen LogP contribution in [0.25, 0.3) is 32.9 Å². The van der Waals surface area contributed by atoms with E-state index in [1.54, 1.807) is 0 Å². The smallest absolute Gasteiger partial charge is 0.0796 e. The first-order valence-electron chi connectivity index (χ1n) is 6.61. The van der Waals surface area contributed by atoms with Crippen LogP contribution in [-0.2, 0) is 0 Å². The predicted octanol–water partition coefficient (Wildman–Crippen LogP) is 4.45. The van der Waals surface area contributed by atoms with Crippen LogP contribution in [0.5, 0.6) is 0 Å². The fourth-order valence-corrected chi connectivity index (χ4v) is 2.61. The van der Waals surface area contributed by atoms with Crippen LogP contribution in [-0.4, -0.2) is 9.97 Å². The quantitative estimate of drug-likeness (QED) is 0.470. The maximum atomic E-state index is 4.56. The number of nitrogens with zero attached hydrogens (tertiary/aromatic N) is 2. The lowest BCUT2D eigenvalue weighted by Gasteiger charge is -2.07. The third-order valence-corrected chi connectivity index (χ3v) is 3.56. The van der Waals surface area contributed by atoms with E-state index in [1.807, 2.05) is 48.8 Å². The minimum absolute atomic E-state index is 0.987. The van der Waals surface area contributed by atoms with Crippen molar-refractivity contribution >= 4 is 21.7 Å². The SMILES string of the molecule is c1ccc(-c2nccc3c2cnc2ccccc23)cc1. The molecule has 4 aromatic rings. The van der Waals surface area contributed by atoms with Gasteiger partial charge in [0.1, 0.15) is 0 Å². The third-order valence-electron chi connectivity index (χ3n) is 3.56. The third kappa shape index (κ3) is 1.66. The van der Waals surface area contributed by atoms with Gasteiger partial charge in [-0.25, -0.2) is 0 Å². The van der Waals surface area contributed by atoms with Crippen LogP contribution in [0, 0.1) is 0 Å². The molecule has 0 atom stereocenters. The molecule has 20 heavy (non-hydrogen) atoms. The minimum Gasteiger partial charge on any atom is -0.256 e. The lowest BCUT2D eigenvalue weighted by atomic mass is 10.0. The van der Waals surface area contributed by atoms with E-state index in [2.05, 4.69) is 34.2 Å². The monoisotopic (exact) mass is 256 g/mol. The Morgan fingerprint density at radius 2 is 1.40 bits per heavy atom. The average Bonchev–Trinajstić information content (AvgIpc) is 2.55. The first kappa shape index (κ1) is 11.1. The molecule has 2 heteroatoms. The van der Waals surface area contributed by atoms with E-state index in [0.29, 0.717) is 0 Å². The van der Waals surface area contributed by atoms with E-state index < -0.39 is 0 Å². The molecule has 0 saturated heterocycles. The number of rotatable bonds is 1. The summed E-state index contributed by atoms with van der Waals surface area (Å²) in [4.78, 5) is 9.10. The lowest BCUT2D eigenvalue weighted by molar-refractivity contribution is 1.34. The van der Waals surface area contributed by atoms with E-state index in [9.17, 15) is 0 Å². The molecule has 0 aliphatic heterocycles. The van der Waals surface area contributed by atoms with Crippen molar-refractivity contribution in [1.29, 1.82) is 0 Å². The molecular weight excluding hydrogens is 244 g/mol. The molecule has 0 spiro atoms. The zero-order chi connectivity index (χ0) is 13.4. The number of benzene rings is 2. The first-order valence-corrected chi connectivity index (χ1v) is 6.61. The average molecular weight is 256 g/mol. The Labute approximate surface area is 116 Å². The maximum Gasteiger partial charge on any atom is 0.0796 e. The minimum atomic E-state index is 0.987. The van der Waals surface area contributed by atoms with Gasteiger partial charge in [0.05, 0.1) is 11.2 Å². The van der Waals surface area contributed by atoms with Gasteiger partial charge in [0.25, 0.3) is 0 Å². The van der Waals surface area contributed by atoms with Gasteiger partial charge >= 0.3 is 0 Å². The van der Waals surface area contributed by atoms with Crippen molar-refractivity contribution in [2.24, 2.45) is 0 Å². The molecule has 94 valence electrons. The van der Waals surface area contributed by atoms with Crippen LogP contribution < -0.4 is 0 Å². The Balaban J connectivity index is 2.12. The standard InChI is InChI=1S/C18H12N2/c1-2-6-13(7-3-1)18-16-12-20-17-9-5-4-8-15(17)14(16)10-11-19-18/h1-12H. The molecule has 0 aliphatic carbocycles. The van der Waals surface area contributed by atoms with Crippen molar-refractivity contribution in [2.75, 3.05) is 0 Å². The molecule has 0 saturated carbocycles. The van der Waals surface area contributed by atoms with Crippen molar-refractivity contribution < 1.29 is 0 Å². The Hall–Kier alpha value is -2.74. The largest absolute Gasteiger partial charge is 0.256 e. The second-order valence-corrected chi connectivity index (χ2v) is 4.76. The van der Waals surface area contributed by atoms with E-state index >= 15 is 0 Å². The summed E-state index contributed by atoms with van der Waals surface area (Å²) in [5, 5.41) is 3.46. The van der Waals surface area contributed by atoms with E-state index in [4.69, 9.17) is 0 Å². The van der Waals surface area contributed by atoms with Crippen LogP contribution in [0.15, 0.2) is 73.1 Å². The predicted molar refractivity (Wildman–Crippen MR) is 82.5 cm³/mol. The number of fused-ring (bicyclic) bond motifs is 3. The van der Waals surface area contributed by atoms with Gasteiger partial charge < -0.3 is 0 Å². The van der Waals surface area contributed by atoms with Crippen LogP contribution in [0.1, 0.15) is 0 Å². The molecule has 0 radical (unpaired) electrons.